The fourth-order valence-corrected chi connectivity index (χ4v) is 2.25. The topological polar surface area (TPSA) is 55.1 Å². The molecule has 0 amide bonds. The summed E-state index contributed by atoms with van der Waals surface area (Å²) in [4.78, 5) is 12.6. The van der Waals surface area contributed by atoms with Crippen LogP contribution in [0.5, 0.6) is 5.75 Å². The summed E-state index contributed by atoms with van der Waals surface area (Å²) in [5.41, 5.74) is 0.776. The summed E-state index contributed by atoms with van der Waals surface area (Å²) in [6, 6.07) is 14.6. The van der Waals surface area contributed by atoms with Crippen LogP contribution in [0.25, 0.3) is 5.69 Å². The van der Waals surface area contributed by atoms with Gasteiger partial charge in [0.25, 0.3) is 0 Å². The standard InChI is InChI=1S/C17H13FN2O2/c1-11-16(21)15(17(22)13-9-5-6-10-14(13)18)20(19-11)12-7-3-2-4-8-12/h2-10,21H,1H3. The lowest BCUT2D eigenvalue weighted by Crippen LogP contribution is -2.11. The minimum atomic E-state index is -0.634. The third-order valence-corrected chi connectivity index (χ3v) is 3.36. The van der Waals surface area contributed by atoms with Crippen molar-refractivity contribution in [3.63, 3.8) is 0 Å². The number of carbonyl (C=O) groups is 1. The van der Waals surface area contributed by atoms with Crippen molar-refractivity contribution in [3.05, 3.63) is 77.4 Å². The normalized spacial score (nSPS) is 10.6. The molecule has 0 atom stereocenters. The molecule has 0 spiro atoms. The maximum absolute atomic E-state index is 13.9. The molecule has 3 rings (SSSR count). The van der Waals surface area contributed by atoms with Gasteiger partial charge < -0.3 is 5.11 Å². The fraction of sp³-hybridized carbons (Fsp3) is 0.0588. The lowest BCUT2D eigenvalue weighted by Gasteiger charge is -2.07. The zero-order chi connectivity index (χ0) is 15.7. The van der Waals surface area contributed by atoms with Gasteiger partial charge in [0.1, 0.15) is 11.5 Å². The van der Waals surface area contributed by atoms with Crippen molar-refractivity contribution in [1.29, 1.82) is 0 Å². The monoisotopic (exact) mass is 296 g/mol. The zero-order valence-corrected chi connectivity index (χ0v) is 11.8. The van der Waals surface area contributed by atoms with E-state index in [1.54, 1.807) is 37.3 Å². The second-order valence-electron chi connectivity index (χ2n) is 4.84. The fourth-order valence-electron chi connectivity index (χ4n) is 2.25. The zero-order valence-electron chi connectivity index (χ0n) is 11.8. The van der Waals surface area contributed by atoms with Gasteiger partial charge in [0.15, 0.2) is 11.4 Å². The number of halogens is 1. The van der Waals surface area contributed by atoms with Crippen LogP contribution < -0.4 is 0 Å². The van der Waals surface area contributed by atoms with Gasteiger partial charge in [-0.3, -0.25) is 4.79 Å². The molecule has 110 valence electrons. The molecular weight excluding hydrogens is 283 g/mol. The van der Waals surface area contributed by atoms with E-state index >= 15 is 0 Å². The molecular formula is C17H13FN2O2. The van der Waals surface area contributed by atoms with Crippen molar-refractivity contribution < 1.29 is 14.3 Å². The van der Waals surface area contributed by atoms with E-state index in [9.17, 15) is 14.3 Å². The van der Waals surface area contributed by atoms with Gasteiger partial charge in [0, 0.05) is 0 Å². The number of rotatable bonds is 3. The van der Waals surface area contributed by atoms with Crippen molar-refractivity contribution in [1.82, 2.24) is 9.78 Å². The summed E-state index contributed by atoms with van der Waals surface area (Å²) in [6.45, 7) is 1.59. The van der Waals surface area contributed by atoms with Crippen molar-refractivity contribution in [2.45, 2.75) is 6.92 Å². The van der Waals surface area contributed by atoms with Crippen LogP contribution in [0.3, 0.4) is 0 Å². The third kappa shape index (κ3) is 2.26. The Morgan fingerprint density at radius 3 is 2.41 bits per heavy atom. The van der Waals surface area contributed by atoms with Crippen molar-refractivity contribution >= 4 is 5.78 Å². The maximum atomic E-state index is 13.9. The first-order chi connectivity index (χ1) is 10.6. The quantitative estimate of drug-likeness (QED) is 0.755. The molecule has 0 aliphatic carbocycles. The molecule has 0 saturated carbocycles. The molecule has 1 N–H and O–H groups in total. The average Bonchev–Trinajstić information content (AvgIpc) is 2.84. The Bertz CT molecular complexity index is 841. The molecule has 0 radical (unpaired) electrons. The third-order valence-electron chi connectivity index (χ3n) is 3.36. The Morgan fingerprint density at radius 1 is 1.09 bits per heavy atom. The number of benzene rings is 2. The molecule has 0 saturated heterocycles. The van der Waals surface area contributed by atoms with E-state index in [1.807, 2.05) is 6.07 Å². The molecule has 5 heteroatoms. The van der Waals surface area contributed by atoms with Crippen molar-refractivity contribution in [2.24, 2.45) is 0 Å². The van der Waals surface area contributed by atoms with Gasteiger partial charge >= 0.3 is 0 Å². The van der Waals surface area contributed by atoms with Crippen molar-refractivity contribution in [3.8, 4) is 11.4 Å². The molecule has 2 aromatic carbocycles. The van der Waals surface area contributed by atoms with Crippen LogP contribution in [0.4, 0.5) is 4.39 Å². The minimum absolute atomic E-state index is 0.0474. The summed E-state index contributed by atoms with van der Waals surface area (Å²) in [5.74, 6) is -1.48. The molecule has 1 aromatic heterocycles. The van der Waals surface area contributed by atoms with Crippen LogP contribution in [-0.2, 0) is 0 Å². The number of para-hydroxylation sites is 1. The number of aryl methyl sites for hydroxylation is 1. The first-order valence-corrected chi connectivity index (χ1v) is 6.73. The number of hydrogen-bond donors (Lipinski definition) is 1. The number of aromatic hydroxyl groups is 1. The van der Waals surface area contributed by atoms with Gasteiger partial charge in [-0.1, -0.05) is 30.3 Å². The van der Waals surface area contributed by atoms with E-state index in [0.717, 1.165) is 0 Å². The predicted molar refractivity (Wildman–Crippen MR) is 79.8 cm³/mol. The highest BCUT2D eigenvalue weighted by Crippen LogP contribution is 2.27. The second-order valence-corrected chi connectivity index (χ2v) is 4.84. The molecule has 0 aliphatic heterocycles. The maximum Gasteiger partial charge on any atom is 0.218 e. The molecule has 1 heterocycles. The molecule has 4 nitrogen and oxygen atoms in total. The Kier molecular flexibility index (Phi) is 3.47. The number of ketones is 1. The summed E-state index contributed by atoms with van der Waals surface area (Å²) < 4.78 is 15.2. The lowest BCUT2D eigenvalue weighted by atomic mass is 10.1. The Morgan fingerprint density at radius 2 is 1.73 bits per heavy atom. The first-order valence-electron chi connectivity index (χ1n) is 6.73. The van der Waals surface area contributed by atoms with E-state index in [4.69, 9.17) is 0 Å². The highest BCUT2D eigenvalue weighted by molar-refractivity contribution is 6.10. The van der Waals surface area contributed by atoms with E-state index in [1.165, 1.54) is 22.9 Å². The summed E-state index contributed by atoms with van der Waals surface area (Å²) in [7, 11) is 0. The predicted octanol–water partition coefficient (Wildman–Crippen LogP) is 3.26. The molecule has 0 fully saturated rings. The van der Waals surface area contributed by atoms with Crippen LogP contribution in [0, 0.1) is 12.7 Å². The highest BCUT2D eigenvalue weighted by Gasteiger charge is 2.25. The van der Waals surface area contributed by atoms with Gasteiger partial charge in [-0.25, -0.2) is 9.07 Å². The van der Waals surface area contributed by atoms with Crippen LogP contribution in [0.15, 0.2) is 54.6 Å². The number of nitrogens with zero attached hydrogens (tertiary/aromatic N) is 2. The SMILES string of the molecule is Cc1nn(-c2ccccc2)c(C(=O)c2ccccc2F)c1O. The summed E-state index contributed by atoms with van der Waals surface area (Å²) in [5, 5.41) is 14.4. The number of carbonyl (C=O) groups excluding carboxylic acids is 1. The van der Waals surface area contributed by atoms with Crippen LogP contribution in [0.2, 0.25) is 0 Å². The Labute approximate surface area is 126 Å². The van der Waals surface area contributed by atoms with Crippen LogP contribution in [-0.4, -0.2) is 20.7 Å². The Hall–Kier alpha value is -2.95. The summed E-state index contributed by atoms with van der Waals surface area (Å²) >= 11 is 0. The molecule has 0 bridgehead atoms. The first kappa shape index (κ1) is 14.0. The van der Waals surface area contributed by atoms with E-state index in [0.29, 0.717) is 11.4 Å². The smallest absolute Gasteiger partial charge is 0.218 e. The second kappa shape index (κ2) is 5.44. The lowest BCUT2D eigenvalue weighted by molar-refractivity contribution is 0.102. The van der Waals surface area contributed by atoms with Gasteiger partial charge in [-0.15, -0.1) is 0 Å². The van der Waals surface area contributed by atoms with E-state index < -0.39 is 11.6 Å². The molecule has 22 heavy (non-hydrogen) atoms. The Balaban J connectivity index is 2.19. The largest absolute Gasteiger partial charge is 0.504 e. The van der Waals surface area contributed by atoms with Gasteiger partial charge in [-0.05, 0) is 31.2 Å². The highest BCUT2D eigenvalue weighted by atomic mass is 19.1. The van der Waals surface area contributed by atoms with E-state index in [2.05, 4.69) is 5.10 Å². The minimum Gasteiger partial charge on any atom is -0.504 e. The van der Waals surface area contributed by atoms with Crippen LogP contribution >= 0.6 is 0 Å². The number of aromatic nitrogens is 2. The summed E-state index contributed by atoms with van der Waals surface area (Å²) in [6.07, 6.45) is 0. The molecule has 0 aliphatic rings. The van der Waals surface area contributed by atoms with Gasteiger partial charge in [0.05, 0.1) is 11.3 Å². The van der Waals surface area contributed by atoms with Gasteiger partial charge in [-0.2, -0.15) is 5.10 Å². The van der Waals surface area contributed by atoms with Crippen molar-refractivity contribution in [2.75, 3.05) is 0 Å². The number of hydrogen-bond acceptors (Lipinski definition) is 3. The van der Waals surface area contributed by atoms with Crippen LogP contribution in [0.1, 0.15) is 21.7 Å². The molecule has 3 aromatic rings. The van der Waals surface area contributed by atoms with E-state index in [-0.39, 0.29) is 17.0 Å². The average molecular weight is 296 g/mol. The van der Waals surface area contributed by atoms with Gasteiger partial charge in [0.2, 0.25) is 5.78 Å². The molecule has 0 unspecified atom stereocenters.